The molecular weight excluding hydrogens is 330 g/mol. The van der Waals surface area contributed by atoms with Crippen molar-refractivity contribution in [2.45, 2.75) is 26.3 Å². The summed E-state index contributed by atoms with van der Waals surface area (Å²) in [7, 11) is 0. The topological polar surface area (TPSA) is 85.8 Å². The second kappa shape index (κ2) is 7.27. The van der Waals surface area contributed by atoms with Gasteiger partial charge in [-0.25, -0.2) is 9.67 Å². The molecule has 0 aliphatic heterocycles. The Hall–Kier alpha value is -2.67. The van der Waals surface area contributed by atoms with Gasteiger partial charge < -0.3 is 9.73 Å². The first kappa shape index (κ1) is 16.2. The van der Waals surface area contributed by atoms with E-state index < -0.39 is 0 Å². The summed E-state index contributed by atoms with van der Waals surface area (Å²) in [4.78, 5) is 16.3. The Labute approximate surface area is 143 Å². The second-order valence-electron chi connectivity index (χ2n) is 5.15. The second-order valence-corrected chi connectivity index (χ2v) is 5.56. The summed E-state index contributed by atoms with van der Waals surface area (Å²) in [6.07, 6.45) is 4.88. The van der Waals surface area contributed by atoms with Gasteiger partial charge in [-0.2, -0.15) is 0 Å². The molecule has 0 aliphatic rings. The highest BCUT2D eigenvalue weighted by atomic mass is 35.5. The molecule has 2 aromatic heterocycles. The Morgan fingerprint density at radius 3 is 3.00 bits per heavy atom. The van der Waals surface area contributed by atoms with Crippen molar-refractivity contribution in [3.05, 3.63) is 59.0 Å². The van der Waals surface area contributed by atoms with Crippen molar-refractivity contribution in [2.24, 2.45) is 0 Å². The quantitative estimate of drug-likeness (QED) is 0.742. The van der Waals surface area contributed by atoms with Crippen LogP contribution < -0.4 is 5.32 Å². The van der Waals surface area contributed by atoms with Crippen LogP contribution in [-0.2, 0) is 13.0 Å². The standard InChI is InChI=1S/C16H16ClN5O2/c1-2-5-15-18-8-11(24-15)9-19-16(23)13-10-22(21-20-13)14-7-4-3-6-12(14)17/h3-4,6-8,10H,2,5,9H2,1H3,(H,19,23). The minimum atomic E-state index is -0.346. The number of halogens is 1. The number of hydrogen-bond donors (Lipinski definition) is 1. The monoisotopic (exact) mass is 345 g/mol. The van der Waals surface area contributed by atoms with Crippen LogP contribution in [0.5, 0.6) is 0 Å². The number of aryl methyl sites for hydroxylation is 1. The molecule has 3 aromatic rings. The zero-order valence-corrected chi connectivity index (χ0v) is 13.8. The van der Waals surface area contributed by atoms with Crippen LogP contribution in [-0.4, -0.2) is 25.9 Å². The minimum Gasteiger partial charge on any atom is -0.444 e. The van der Waals surface area contributed by atoms with E-state index in [0.29, 0.717) is 22.4 Å². The van der Waals surface area contributed by atoms with Gasteiger partial charge in [-0.05, 0) is 18.6 Å². The molecule has 8 heteroatoms. The van der Waals surface area contributed by atoms with Crippen molar-refractivity contribution < 1.29 is 9.21 Å². The van der Waals surface area contributed by atoms with Crippen molar-refractivity contribution >= 4 is 17.5 Å². The molecule has 24 heavy (non-hydrogen) atoms. The lowest BCUT2D eigenvalue weighted by atomic mass is 10.3. The van der Waals surface area contributed by atoms with Gasteiger partial charge in [0.05, 0.1) is 29.6 Å². The number of rotatable bonds is 6. The zero-order chi connectivity index (χ0) is 16.9. The van der Waals surface area contributed by atoms with Crippen LogP contribution in [0.1, 0.15) is 35.5 Å². The van der Waals surface area contributed by atoms with Gasteiger partial charge in [0, 0.05) is 6.42 Å². The Bertz CT molecular complexity index is 842. The largest absolute Gasteiger partial charge is 0.444 e. The van der Waals surface area contributed by atoms with E-state index in [1.54, 1.807) is 18.3 Å². The van der Waals surface area contributed by atoms with Gasteiger partial charge in [0.1, 0.15) is 5.76 Å². The maximum Gasteiger partial charge on any atom is 0.273 e. The molecule has 124 valence electrons. The third-order valence-electron chi connectivity index (χ3n) is 3.31. The normalized spacial score (nSPS) is 10.8. The lowest BCUT2D eigenvalue weighted by Crippen LogP contribution is -2.22. The third kappa shape index (κ3) is 3.62. The SMILES string of the molecule is CCCc1ncc(CNC(=O)c2cn(-c3ccccc3Cl)nn2)o1. The fourth-order valence-electron chi connectivity index (χ4n) is 2.14. The van der Waals surface area contributed by atoms with Crippen molar-refractivity contribution in [1.29, 1.82) is 0 Å². The summed E-state index contributed by atoms with van der Waals surface area (Å²) in [5, 5.41) is 11.1. The van der Waals surface area contributed by atoms with E-state index in [1.807, 2.05) is 19.1 Å². The Balaban J connectivity index is 1.64. The molecule has 7 nitrogen and oxygen atoms in total. The van der Waals surface area contributed by atoms with E-state index in [4.69, 9.17) is 16.0 Å². The minimum absolute atomic E-state index is 0.197. The summed E-state index contributed by atoms with van der Waals surface area (Å²) in [5.41, 5.74) is 0.855. The highest BCUT2D eigenvalue weighted by molar-refractivity contribution is 6.32. The molecule has 0 aliphatic carbocycles. The Kier molecular flexibility index (Phi) is 4.90. The molecule has 1 aromatic carbocycles. The van der Waals surface area contributed by atoms with Gasteiger partial charge in [-0.3, -0.25) is 4.79 Å². The van der Waals surface area contributed by atoms with E-state index >= 15 is 0 Å². The predicted molar refractivity (Wildman–Crippen MR) is 88.0 cm³/mol. The summed E-state index contributed by atoms with van der Waals surface area (Å²) < 4.78 is 6.98. The average molecular weight is 346 g/mol. The van der Waals surface area contributed by atoms with Gasteiger partial charge in [0.2, 0.25) is 0 Å². The Morgan fingerprint density at radius 2 is 2.21 bits per heavy atom. The first-order valence-corrected chi connectivity index (χ1v) is 7.94. The lowest BCUT2D eigenvalue weighted by Gasteiger charge is -2.01. The van der Waals surface area contributed by atoms with Crippen molar-refractivity contribution in [2.75, 3.05) is 0 Å². The van der Waals surface area contributed by atoms with Crippen molar-refractivity contribution in [1.82, 2.24) is 25.3 Å². The molecular formula is C16H16ClN5O2. The fraction of sp³-hybridized carbons (Fsp3) is 0.250. The van der Waals surface area contributed by atoms with E-state index in [-0.39, 0.29) is 18.1 Å². The maximum absolute atomic E-state index is 12.2. The molecule has 0 radical (unpaired) electrons. The highest BCUT2D eigenvalue weighted by Crippen LogP contribution is 2.18. The molecule has 0 unspecified atom stereocenters. The van der Waals surface area contributed by atoms with Crippen molar-refractivity contribution in [3.8, 4) is 5.69 Å². The molecule has 0 saturated carbocycles. The van der Waals surface area contributed by atoms with Crippen LogP contribution in [0.25, 0.3) is 5.69 Å². The number of nitrogens with zero attached hydrogens (tertiary/aromatic N) is 4. The van der Waals surface area contributed by atoms with E-state index in [1.165, 1.54) is 10.9 Å². The number of carbonyl (C=O) groups is 1. The number of hydrogen-bond acceptors (Lipinski definition) is 5. The van der Waals surface area contributed by atoms with E-state index in [9.17, 15) is 4.79 Å². The van der Waals surface area contributed by atoms with E-state index in [0.717, 1.165) is 12.8 Å². The number of aromatic nitrogens is 4. The number of benzene rings is 1. The zero-order valence-electron chi connectivity index (χ0n) is 13.1. The molecule has 0 spiro atoms. The number of amides is 1. The predicted octanol–water partition coefficient (Wildman–Crippen LogP) is 2.79. The van der Waals surface area contributed by atoms with Crippen LogP contribution >= 0.6 is 11.6 Å². The Morgan fingerprint density at radius 1 is 1.38 bits per heavy atom. The van der Waals surface area contributed by atoms with Crippen LogP contribution in [0.15, 0.2) is 41.1 Å². The van der Waals surface area contributed by atoms with Gasteiger partial charge in [0.15, 0.2) is 11.6 Å². The molecule has 0 fully saturated rings. The smallest absolute Gasteiger partial charge is 0.273 e. The molecule has 2 heterocycles. The molecule has 1 amide bonds. The van der Waals surface area contributed by atoms with Gasteiger partial charge in [-0.15, -0.1) is 5.10 Å². The van der Waals surface area contributed by atoms with Crippen LogP contribution in [0.4, 0.5) is 0 Å². The van der Waals surface area contributed by atoms with Crippen LogP contribution in [0.3, 0.4) is 0 Å². The van der Waals surface area contributed by atoms with Gasteiger partial charge >= 0.3 is 0 Å². The van der Waals surface area contributed by atoms with Crippen LogP contribution in [0, 0.1) is 0 Å². The first-order chi connectivity index (χ1) is 11.7. The molecule has 0 bridgehead atoms. The molecule has 3 rings (SSSR count). The molecule has 0 atom stereocenters. The number of oxazole rings is 1. The van der Waals surface area contributed by atoms with Crippen LogP contribution in [0.2, 0.25) is 5.02 Å². The third-order valence-corrected chi connectivity index (χ3v) is 3.63. The average Bonchev–Trinajstić information content (AvgIpc) is 3.23. The molecule has 1 N–H and O–H groups in total. The summed E-state index contributed by atoms with van der Waals surface area (Å²) in [6, 6.07) is 7.19. The first-order valence-electron chi connectivity index (χ1n) is 7.56. The number of nitrogens with one attached hydrogen (secondary N) is 1. The summed E-state index contributed by atoms with van der Waals surface area (Å²) in [5.74, 6) is 0.929. The van der Waals surface area contributed by atoms with Gasteiger partial charge in [0.25, 0.3) is 5.91 Å². The number of para-hydroxylation sites is 1. The van der Waals surface area contributed by atoms with Gasteiger partial charge in [-0.1, -0.05) is 35.9 Å². The van der Waals surface area contributed by atoms with Crippen molar-refractivity contribution in [3.63, 3.8) is 0 Å². The summed E-state index contributed by atoms with van der Waals surface area (Å²) in [6.45, 7) is 2.29. The lowest BCUT2D eigenvalue weighted by molar-refractivity contribution is 0.0942. The fourth-order valence-corrected chi connectivity index (χ4v) is 2.36. The maximum atomic E-state index is 12.2. The number of carbonyl (C=O) groups excluding carboxylic acids is 1. The summed E-state index contributed by atoms with van der Waals surface area (Å²) >= 11 is 6.11. The molecule has 0 saturated heterocycles. The highest BCUT2D eigenvalue weighted by Gasteiger charge is 2.13. The van der Waals surface area contributed by atoms with E-state index in [2.05, 4.69) is 20.6 Å².